The molecule has 0 radical (unpaired) electrons. The number of halogens is 1. The predicted octanol–water partition coefficient (Wildman–Crippen LogP) is 2.36. The lowest BCUT2D eigenvalue weighted by molar-refractivity contribution is 0.0481. The first kappa shape index (κ1) is 16.7. The first-order chi connectivity index (χ1) is 10.1. The summed E-state index contributed by atoms with van der Waals surface area (Å²) in [6, 6.07) is 0. The summed E-state index contributed by atoms with van der Waals surface area (Å²) in [4.78, 5) is 28.7. The molecule has 0 saturated carbocycles. The minimum Gasteiger partial charge on any atom is -0.460 e. The Morgan fingerprint density at radius 2 is 1.76 bits per heavy atom. The van der Waals surface area contributed by atoms with E-state index < -0.39 is 11.9 Å². The molecule has 114 valence electrons. The number of carbonyl (C=O) groups excluding carboxylic acids is 2. The molecule has 0 aliphatic carbocycles. The number of hydrogen-bond donors (Lipinski definition) is 0. The second kappa shape index (κ2) is 8.75. The van der Waals surface area contributed by atoms with E-state index in [4.69, 9.17) is 11.6 Å². The summed E-state index contributed by atoms with van der Waals surface area (Å²) in [5.41, 5.74) is 0. The van der Waals surface area contributed by atoms with Gasteiger partial charge in [0, 0.05) is 0 Å². The minimum atomic E-state index is -0.549. The van der Waals surface area contributed by atoms with Crippen LogP contribution in [-0.2, 0) is 9.47 Å². The van der Waals surface area contributed by atoms with Crippen molar-refractivity contribution in [1.82, 2.24) is 9.97 Å². The van der Waals surface area contributed by atoms with Crippen molar-refractivity contribution in [3.63, 3.8) is 0 Å². The van der Waals surface area contributed by atoms with Gasteiger partial charge in [0.2, 0.25) is 11.5 Å². The summed E-state index contributed by atoms with van der Waals surface area (Å²) in [6.45, 7) is 4.08. The van der Waals surface area contributed by atoms with Gasteiger partial charge in [-0.05, 0) is 25.4 Å². The van der Waals surface area contributed by atoms with Crippen LogP contribution >= 0.6 is 11.6 Å². The summed E-state index contributed by atoms with van der Waals surface area (Å²) in [7, 11) is 0. The van der Waals surface area contributed by atoms with Crippen LogP contribution in [0, 0.1) is 0 Å². The normalized spacial score (nSPS) is 9.48. The highest BCUT2D eigenvalue weighted by molar-refractivity contribution is 6.27. The number of aromatic nitrogens is 2. The van der Waals surface area contributed by atoms with E-state index in [0.29, 0.717) is 13.2 Å². The molecule has 9 heteroatoms. The highest BCUT2D eigenvalue weighted by Crippen LogP contribution is 2.09. The van der Waals surface area contributed by atoms with Crippen LogP contribution < -0.4 is 0 Å². The van der Waals surface area contributed by atoms with Gasteiger partial charge in [-0.25, -0.2) is 19.6 Å². The molecule has 0 aliphatic heterocycles. The third-order valence-corrected chi connectivity index (χ3v) is 2.04. The fourth-order valence-electron chi connectivity index (χ4n) is 1.07. The second-order valence-corrected chi connectivity index (χ2v) is 3.61. The van der Waals surface area contributed by atoms with Gasteiger partial charge >= 0.3 is 11.9 Å². The Kier molecular flexibility index (Phi) is 6.96. The van der Waals surface area contributed by atoms with E-state index in [2.05, 4.69) is 28.3 Å². The van der Waals surface area contributed by atoms with Crippen molar-refractivity contribution in [3.05, 3.63) is 35.7 Å². The summed E-state index contributed by atoms with van der Waals surface area (Å²) in [6.07, 6.45) is 3.73. The van der Waals surface area contributed by atoms with E-state index in [1.165, 1.54) is 18.8 Å². The Labute approximate surface area is 125 Å². The van der Waals surface area contributed by atoms with Crippen LogP contribution in [0.25, 0.3) is 0 Å². The van der Waals surface area contributed by atoms with Gasteiger partial charge in [0.25, 0.3) is 5.35 Å². The molecular weight excluding hydrogens is 304 g/mol. The van der Waals surface area contributed by atoms with Gasteiger partial charge < -0.3 is 18.3 Å². The van der Waals surface area contributed by atoms with E-state index >= 15 is 0 Å². The molecule has 0 aromatic carbocycles. The molecule has 2 aromatic rings. The Morgan fingerprint density at radius 1 is 1.14 bits per heavy atom. The smallest absolute Gasteiger partial charge is 0.376 e. The molecule has 2 aromatic heterocycles. The fraction of sp³-hybridized carbons (Fsp3) is 0.333. The molecule has 0 fully saturated rings. The maximum atomic E-state index is 10.8. The van der Waals surface area contributed by atoms with Gasteiger partial charge in [0.05, 0.1) is 25.6 Å². The van der Waals surface area contributed by atoms with Gasteiger partial charge in [0.1, 0.15) is 0 Å². The molecular formula is C12H13ClN2O6. The number of esters is 2. The van der Waals surface area contributed by atoms with E-state index in [-0.39, 0.29) is 16.9 Å². The first-order valence-corrected chi connectivity index (χ1v) is 6.30. The number of hydrogen-bond acceptors (Lipinski definition) is 8. The number of ether oxygens (including phenoxy) is 2. The monoisotopic (exact) mass is 316 g/mol. The third kappa shape index (κ3) is 5.65. The fourth-order valence-corrected chi connectivity index (χ4v) is 1.20. The Bertz CT molecular complexity index is 566. The largest absolute Gasteiger partial charge is 0.460 e. The minimum absolute atomic E-state index is 0.0249. The van der Waals surface area contributed by atoms with Crippen molar-refractivity contribution < 1.29 is 27.9 Å². The van der Waals surface area contributed by atoms with Crippen LogP contribution in [0.3, 0.4) is 0 Å². The molecule has 0 spiro atoms. The number of carbonyl (C=O) groups is 2. The van der Waals surface area contributed by atoms with Crippen molar-refractivity contribution in [2.24, 2.45) is 0 Å². The molecule has 0 atom stereocenters. The molecule has 0 unspecified atom stereocenters. The molecule has 0 N–H and O–H groups in total. The van der Waals surface area contributed by atoms with Crippen LogP contribution in [0.2, 0.25) is 5.35 Å². The van der Waals surface area contributed by atoms with Crippen LogP contribution in [0.15, 0.2) is 27.6 Å². The average molecular weight is 317 g/mol. The molecule has 0 bridgehead atoms. The predicted molar refractivity (Wildman–Crippen MR) is 69.9 cm³/mol. The van der Waals surface area contributed by atoms with Crippen molar-refractivity contribution in [2.75, 3.05) is 13.2 Å². The van der Waals surface area contributed by atoms with Crippen LogP contribution in [0.5, 0.6) is 0 Å². The van der Waals surface area contributed by atoms with Crippen molar-refractivity contribution in [3.8, 4) is 0 Å². The standard InChI is InChI=1S/C6H6ClNO3.C6H7NO3/c1-2-10-5(9)4-3-8-6(7)11-4;1-2-9-6(8)5-3-7-4-10-5/h3H,2H2,1H3;3-4H,2H2,1H3. The van der Waals surface area contributed by atoms with Crippen molar-refractivity contribution in [1.29, 1.82) is 0 Å². The van der Waals surface area contributed by atoms with Gasteiger partial charge in [-0.2, -0.15) is 0 Å². The van der Waals surface area contributed by atoms with E-state index in [1.54, 1.807) is 13.8 Å². The maximum absolute atomic E-state index is 10.8. The number of rotatable bonds is 4. The van der Waals surface area contributed by atoms with E-state index in [9.17, 15) is 9.59 Å². The van der Waals surface area contributed by atoms with Crippen LogP contribution in [0.4, 0.5) is 0 Å². The number of nitrogens with zero attached hydrogens (tertiary/aromatic N) is 2. The summed E-state index contributed by atoms with van der Waals surface area (Å²) in [5, 5.41) is -0.0620. The summed E-state index contributed by atoms with van der Waals surface area (Å²) < 4.78 is 18.6. The van der Waals surface area contributed by atoms with Gasteiger partial charge in [-0.3, -0.25) is 0 Å². The molecule has 0 saturated heterocycles. The second-order valence-electron chi connectivity index (χ2n) is 3.28. The lowest BCUT2D eigenvalue weighted by Crippen LogP contribution is -2.02. The quantitative estimate of drug-likeness (QED) is 0.791. The summed E-state index contributed by atoms with van der Waals surface area (Å²) in [5.74, 6) is -0.856. The zero-order valence-corrected chi connectivity index (χ0v) is 12.1. The molecule has 21 heavy (non-hydrogen) atoms. The Morgan fingerprint density at radius 3 is 2.19 bits per heavy atom. The van der Waals surface area contributed by atoms with E-state index in [0.717, 1.165) is 0 Å². The van der Waals surface area contributed by atoms with Crippen LogP contribution in [0.1, 0.15) is 35.0 Å². The highest BCUT2D eigenvalue weighted by atomic mass is 35.5. The molecule has 0 amide bonds. The lowest BCUT2D eigenvalue weighted by Gasteiger charge is -1.94. The maximum Gasteiger partial charge on any atom is 0.376 e. The average Bonchev–Trinajstić information content (AvgIpc) is 3.11. The zero-order valence-electron chi connectivity index (χ0n) is 11.4. The highest BCUT2D eigenvalue weighted by Gasteiger charge is 2.11. The lowest BCUT2D eigenvalue weighted by atomic mass is 10.5. The number of oxazole rings is 2. The van der Waals surface area contributed by atoms with Gasteiger partial charge in [-0.15, -0.1) is 0 Å². The Balaban J connectivity index is 0.000000211. The Hall–Kier alpha value is -2.35. The third-order valence-electron chi connectivity index (χ3n) is 1.86. The molecule has 8 nitrogen and oxygen atoms in total. The molecule has 2 rings (SSSR count). The van der Waals surface area contributed by atoms with Crippen LogP contribution in [-0.4, -0.2) is 35.1 Å². The molecule has 2 heterocycles. The zero-order chi connectivity index (χ0) is 15.7. The SMILES string of the molecule is CCOC(=O)c1cnc(Cl)o1.CCOC(=O)c1cnco1. The van der Waals surface area contributed by atoms with Gasteiger partial charge in [0.15, 0.2) is 6.39 Å². The first-order valence-electron chi connectivity index (χ1n) is 5.92. The van der Waals surface area contributed by atoms with Crippen molar-refractivity contribution in [2.45, 2.75) is 13.8 Å². The van der Waals surface area contributed by atoms with Crippen molar-refractivity contribution >= 4 is 23.5 Å². The summed E-state index contributed by atoms with van der Waals surface area (Å²) >= 11 is 5.32. The van der Waals surface area contributed by atoms with E-state index in [1.807, 2.05) is 0 Å². The van der Waals surface area contributed by atoms with Gasteiger partial charge in [-0.1, -0.05) is 0 Å². The molecule has 0 aliphatic rings. The topological polar surface area (TPSA) is 105 Å².